The Balaban J connectivity index is 0.000000255. The Hall–Kier alpha value is -6.04. The van der Waals surface area contributed by atoms with E-state index in [1.54, 1.807) is 54.6 Å². The maximum Gasteiger partial charge on any atom is 3.00 e. The molecule has 6 rings (SSSR count). The molecule has 0 saturated carbocycles. The number of carbonyl (C=O) groups is 6. The number of benzene rings is 6. The molecule has 0 aliphatic rings. The van der Waals surface area contributed by atoms with Gasteiger partial charge in [-0.3, -0.25) is 0 Å². The molecule has 0 aromatic heterocycles. The van der Waals surface area contributed by atoms with Crippen molar-refractivity contribution in [2.75, 3.05) is 0 Å². The maximum atomic E-state index is 10.9. The second-order valence-electron chi connectivity index (χ2n) is 9.85. The summed E-state index contributed by atoms with van der Waals surface area (Å²) in [6.45, 7) is 0. The van der Waals surface area contributed by atoms with Crippen LogP contribution in [0.15, 0.2) is 109 Å². The van der Waals surface area contributed by atoms with Crippen molar-refractivity contribution in [1.29, 1.82) is 0 Å². The van der Waals surface area contributed by atoms with Crippen LogP contribution >= 0.6 is 0 Å². The predicted molar refractivity (Wildman–Crippen MR) is 158 cm³/mol. The third-order valence-corrected chi connectivity index (χ3v) is 7.06. The van der Waals surface area contributed by atoms with Crippen LogP contribution in [0.3, 0.4) is 0 Å². The summed E-state index contributed by atoms with van der Waals surface area (Å²) in [6, 6.07) is 28.0. The minimum absolute atomic E-state index is 0. The zero-order chi connectivity index (χ0) is 35.1. The predicted octanol–water partition coefficient (Wildman–Crippen LogP) is -1.30. The van der Waals surface area contributed by atoms with Crippen LogP contribution in [0.5, 0.6) is 0 Å². The SMILES string of the molecule is O=C([O-])c1ccc2ccccc2c1C(=O)[O-].O=C([O-])c1ccc2ccccc2c1C(=O)[O-].O=C([O-])c1ccc2ccccc2c1C(=O)[O-].[Fe+3].[Fe+3]. The molecule has 0 aliphatic heterocycles. The van der Waals surface area contributed by atoms with Gasteiger partial charge in [-0.05, 0) is 32.3 Å². The molecule has 6 aromatic carbocycles. The molecule has 0 N–H and O–H groups in total. The van der Waals surface area contributed by atoms with Gasteiger partial charge < -0.3 is 59.4 Å². The Morgan fingerprint density at radius 1 is 0.300 bits per heavy atom. The quantitative estimate of drug-likeness (QED) is 0.180. The molecule has 0 heterocycles. The number of hydrogen-bond donors (Lipinski definition) is 0. The second-order valence-corrected chi connectivity index (χ2v) is 9.85. The minimum Gasteiger partial charge on any atom is -0.545 e. The van der Waals surface area contributed by atoms with Crippen molar-refractivity contribution in [2.45, 2.75) is 0 Å². The van der Waals surface area contributed by atoms with Gasteiger partial charge in [0.05, 0.1) is 35.8 Å². The third-order valence-electron chi connectivity index (χ3n) is 7.06. The van der Waals surface area contributed by atoms with Crippen LogP contribution in [-0.2, 0) is 34.1 Å². The molecule has 12 nitrogen and oxygen atoms in total. The van der Waals surface area contributed by atoms with E-state index in [1.807, 2.05) is 0 Å². The van der Waals surface area contributed by atoms with E-state index >= 15 is 0 Å². The van der Waals surface area contributed by atoms with Gasteiger partial charge in [-0.25, -0.2) is 0 Å². The van der Waals surface area contributed by atoms with Gasteiger partial charge in [0.1, 0.15) is 0 Å². The van der Waals surface area contributed by atoms with E-state index in [1.165, 1.54) is 54.6 Å². The van der Waals surface area contributed by atoms with Crippen molar-refractivity contribution < 1.29 is 93.5 Å². The molecular formula is C36H18Fe2O12. The summed E-state index contributed by atoms with van der Waals surface area (Å²) in [6.07, 6.45) is 0. The first-order chi connectivity index (χ1) is 22.8. The van der Waals surface area contributed by atoms with E-state index < -0.39 is 35.8 Å². The number of carboxylic acids is 6. The molecule has 2 radical (unpaired) electrons. The molecule has 0 aliphatic carbocycles. The Morgan fingerprint density at radius 3 is 0.720 bits per heavy atom. The van der Waals surface area contributed by atoms with E-state index in [2.05, 4.69) is 0 Å². The summed E-state index contributed by atoms with van der Waals surface area (Å²) in [4.78, 5) is 65.1. The number of carboxylic acid groups (broad SMARTS) is 6. The Labute approximate surface area is 303 Å². The molecule has 0 fully saturated rings. The van der Waals surface area contributed by atoms with E-state index in [0.717, 1.165) is 0 Å². The van der Waals surface area contributed by atoms with Crippen molar-refractivity contribution >= 4 is 68.1 Å². The van der Waals surface area contributed by atoms with Crippen LogP contribution < -0.4 is 30.6 Å². The zero-order valence-corrected chi connectivity index (χ0v) is 27.2. The first kappa shape index (κ1) is 40.1. The van der Waals surface area contributed by atoms with E-state index in [4.69, 9.17) is 0 Å². The van der Waals surface area contributed by atoms with Crippen molar-refractivity contribution in [2.24, 2.45) is 0 Å². The average molecular weight is 754 g/mol. The topological polar surface area (TPSA) is 241 Å². The van der Waals surface area contributed by atoms with E-state index in [9.17, 15) is 59.4 Å². The molecule has 0 bridgehead atoms. The van der Waals surface area contributed by atoms with Crippen molar-refractivity contribution in [3.63, 3.8) is 0 Å². The van der Waals surface area contributed by atoms with Gasteiger partial charge in [0.2, 0.25) is 0 Å². The number of rotatable bonds is 6. The molecule has 0 saturated heterocycles. The molecule has 0 unspecified atom stereocenters. The Morgan fingerprint density at radius 2 is 0.520 bits per heavy atom. The average Bonchev–Trinajstić information content (AvgIpc) is 3.06. The molecule has 0 spiro atoms. The molecule has 6 aromatic rings. The fourth-order valence-electron chi connectivity index (χ4n) is 4.98. The Bertz CT molecular complexity index is 2030. The van der Waals surface area contributed by atoms with E-state index in [-0.39, 0.29) is 67.5 Å². The summed E-state index contributed by atoms with van der Waals surface area (Å²) in [7, 11) is 0. The number of aromatic carboxylic acids is 6. The summed E-state index contributed by atoms with van der Waals surface area (Å²) in [5, 5.41) is 68.1. The number of carbonyl (C=O) groups excluding carboxylic acids is 6. The van der Waals surface area contributed by atoms with Gasteiger partial charge >= 0.3 is 34.1 Å². The molecule has 250 valence electrons. The van der Waals surface area contributed by atoms with Gasteiger partial charge in [0, 0.05) is 33.4 Å². The van der Waals surface area contributed by atoms with Gasteiger partial charge in [0.15, 0.2) is 0 Å². The zero-order valence-electron chi connectivity index (χ0n) is 25.0. The number of hydrogen-bond acceptors (Lipinski definition) is 12. The fourth-order valence-corrected chi connectivity index (χ4v) is 4.98. The largest absolute Gasteiger partial charge is 3.00 e. The minimum atomic E-state index is -1.52. The maximum absolute atomic E-state index is 10.9. The molecular weight excluding hydrogens is 736 g/mol. The standard InChI is InChI=1S/3C12H8O4.2Fe/c3*13-11(14)9-6-5-7-3-1-2-4-8(7)10(9)12(15)16;;/h3*1-6H,(H,13,14)(H,15,16);;/q;;;2*+3/p-6. The second kappa shape index (κ2) is 17.4. The van der Waals surface area contributed by atoms with Crippen molar-refractivity contribution in [3.05, 3.63) is 143 Å². The smallest absolute Gasteiger partial charge is 0.545 e. The van der Waals surface area contributed by atoms with Crippen LogP contribution in [-0.4, -0.2) is 35.8 Å². The van der Waals surface area contributed by atoms with E-state index in [0.29, 0.717) is 32.3 Å². The summed E-state index contributed by atoms with van der Waals surface area (Å²) in [5.41, 5.74) is -2.09. The number of fused-ring (bicyclic) bond motifs is 3. The van der Waals surface area contributed by atoms with Crippen LogP contribution in [0, 0.1) is 0 Å². The van der Waals surface area contributed by atoms with Crippen LogP contribution in [0.2, 0.25) is 0 Å². The summed E-state index contributed by atoms with van der Waals surface area (Å²) in [5.74, 6) is -9.12. The summed E-state index contributed by atoms with van der Waals surface area (Å²) < 4.78 is 0. The van der Waals surface area contributed by atoms with Crippen LogP contribution in [0.4, 0.5) is 0 Å². The monoisotopic (exact) mass is 754 g/mol. The molecule has 0 amide bonds. The first-order valence-corrected chi connectivity index (χ1v) is 13.7. The van der Waals surface area contributed by atoms with Crippen LogP contribution in [0.1, 0.15) is 62.1 Å². The molecule has 14 heteroatoms. The first-order valence-electron chi connectivity index (χ1n) is 13.7. The van der Waals surface area contributed by atoms with Crippen molar-refractivity contribution in [1.82, 2.24) is 0 Å². The van der Waals surface area contributed by atoms with Gasteiger partial charge in [0.25, 0.3) is 0 Å². The van der Waals surface area contributed by atoms with Gasteiger partial charge in [-0.2, -0.15) is 0 Å². The third kappa shape index (κ3) is 8.70. The molecule has 50 heavy (non-hydrogen) atoms. The Kier molecular flexibility index (Phi) is 14.0. The van der Waals surface area contributed by atoms with Crippen LogP contribution in [0.25, 0.3) is 32.3 Å². The summed E-state index contributed by atoms with van der Waals surface area (Å²) >= 11 is 0. The van der Waals surface area contributed by atoms with Gasteiger partial charge in [-0.1, -0.05) is 109 Å². The fraction of sp³-hybridized carbons (Fsp3) is 0. The molecule has 0 atom stereocenters. The van der Waals surface area contributed by atoms with Crippen molar-refractivity contribution in [3.8, 4) is 0 Å². The van der Waals surface area contributed by atoms with Gasteiger partial charge in [-0.15, -0.1) is 0 Å². The normalized spacial score (nSPS) is 9.84.